The molecule has 0 bridgehead atoms. The first-order valence-electron chi connectivity index (χ1n) is 7.60. The van der Waals surface area contributed by atoms with Crippen molar-refractivity contribution >= 4 is 28.3 Å². The second kappa shape index (κ2) is 9.31. The molecular weight excluding hydrogens is 357 g/mol. The highest BCUT2D eigenvalue weighted by molar-refractivity contribution is 7.89. The minimum atomic E-state index is -3.94. The SMILES string of the molecule is CNCC1CCN(C(=O)CCNS(=O)(=O)c2ccccc2F)C1.Cl. The Hall–Kier alpha value is -1.22. The molecule has 1 heterocycles. The van der Waals surface area contributed by atoms with Crippen LogP contribution in [0.2, 0.25) is 0 Å². The van der Waals surface area contributed by atoms with Crippen molar-refractivity contribution in [1.82, 2.24) is 14.9 Å². The summed E-state index contributed by atoms with van der Waals surface area (Å²) in [7, 11) is -2.06. The van der Waals surface area contributed by atoms with Gasteiger partial charge in [-0.05, 0) is 38.1 Å². The lowest BCUT2D eigenvalue weighted by atomic mass is 10.1. The molecule has 9 heteroatoms. The number of hydrogen-bond donors (Lipinski definition) is 2. The van der Waals surface area contributed by atoms with Gasteiger partial charge in [-0.15, -0.1) is 12.4 Å². The van der Waals surface area contributed by atoms with Gasteiger partial charge in [-0.2, -0.15) is 0 Å². The van der Waals surface area contributed by atoms with Gasteiger partial charge in [0.25, 0.3) is 0 Å². The molecular formula is C15H23ClFN3O3S. The monoisotopic (exact) mass is 379 g/mol. The standard InChI is InChI=1S/C15H22FN3O3S.ClH/c1-17-10-12-7-9-19(11-12)15(20)6-8-18-23(21,22)14-5-3-2-4-13(14)16;/h2-5,12,17-18H,6-11H2,1H3;1H. The minimum Gasteiger partial charge on any atom is -0.342 e. The van der Waals surface area contributed by atoms with Crippen molar-refractivity contribution in [2.45, 2.75) is 17.7 Å². The highest BCUT2D eigenvalue weighted by Crippen LogP contribution is 2.16. The maximum absolute atomic E-state index is 13.5. The molecule has 24 heavy (non-hydrogen) atoms. The van der Waals surface area contributed by atoms with Crippen molar-refractivity contribution in [3.05, 3.63) is 30.1 Å². The van der Waals surface area contributed by atoms with E-state index >= 15 is 0 Å². The summed E-state index contributed by atoms with van der Waals surface area (Å²) < 4.78 is 39.8. The number of rotatable bonds is 7. The van der Waals surface area contributed by atoms with Crippen LogP contribution in [0, 0.1) is 11.7 Å². The van der Waals surface area contributed by atoms with Gasteiger partial charge in [-0.1, -0.05) is 12.1 Å². The van der Waals surface area contributed by atoms with Crippen LogP contribution in [0.4, 0.5) is 4.39 Å². The second-order valence-electron chi connectivity index (χ2n) is 5.63. The Morgan fingerprint density at radius 1 is 1.38 bits per heavy atom. The van der Waals surface area contributed by atoms with Gasteiger partial charge in [-0.25, -0.2) is 17.5 Å². The molecule has 1 unspecified atom stereocenters. The van der Waals surface area contributed by atoms with E-state index in [4.69, 9.17) is 0 Å². The Labute approximate surface area is 148 Å². The molecule has 1 aromatic rings. The average molecular weight is 380 g/mol. The normalized spacial score (nSPS) is 17.6. The van der Waals surface area contributed by atoms with Crippen molar-refractivity contribution in [2.75, 3.05) is 33.2 Å². The summed E-state index contributed by atoms with van der Waals surface area (Å²) in [5, 5.41) is 3.09. The Morgan fingerprint density at radius 2 is 2.08 bits per heavy atom. The molecule has 2 N–H and O–H groups in total. The summed E-state index contributed by atoms with van der Waals surface area (Å²) in [5.74, 6) is -0.445. The zero-order valence-corrected chi connectivity index (χ0v) is 15.1. The fourth-order valence-corrected chi connectivity index (χ4v) is 3.81. The number of amides is 1. The summed E-state index contributed by atoms with van der Waals surface area (Å²) in [6.07, 6.45) is 1.02. The zero-order chi connectivity index (χ0) is 16.9. The number of likely N-dealkylation sites (tertiary alicyclic amines) is 1. The molecule has 0 saturated carbocycles. The average Bonchev–Trinajstić information content (AvgIpc) is 2.96. The van der Waals surface area contributed by atoms with E-state index in [1.54, 1.807) is 4.90 Å². The van der Waals surface area contributed by atoms with Crippen LogP contribution in [-0.2, 0) is 14.8 Å². The molecule has 1 aliphatic rings. The van der Waals surface area contributed by atoms with E-state index in [0.717, 1.165) is 19.0 Å². The molecule has 0 spiro atoms. The molecule has 136 valence electrons. The largest absolute Gasteiger partial charge is 0.342 e. The number of carbonyl (C=O) groups is 1. The first-order valence-corrected chi connectivity index (χ1v) is 9.09. The summed E-state index contributed by atoms with van der Waals surface area (Å²) in [5.41, 5.74) is 0. The number of nitrogens with zero attached hydrogens (tertiary/aromatic N) is 1. The number of halogens is 2. The quantitative estimate of drug-likeness (QED) is 0.740. The predicted molar refractivity (Wildman–Crippen MR) is 92.1 cm³/mol. The van der Waals surface area contributed by atoms with E-state index < -0.39 is 20.7 Å². The van der Waals surface area contributed by atoms with Gasteiger partial charge in [0.15, 0.2) is 0 Å². The first kappa shape index (κ1) is 20.8. The molecule has 1 fully saturated rings. The lowest BCUT2D eigenvalue weighted by molar-refractivity contribution is -0.130. The third kappa shape index (κ3) is 5.41. The van der Waals surface area contributed by atoms with Crippen LogP contribution in [0.3, 0.4) is 0 Å². The smallest absolute Gasteiger partial charge is 0.243 e. The predicted octanol–water partition coefficient (Wildman–Crippen LogP) is 0.984. The highest BCUT2D eigenvalue weighted by atomic mass is 35.5. The lowest BCUT2D eigenvalue weighted by Crippen LogP contribution is -2.34. The van der Waals surface area contributed by atoms with Crippen LogP contribution in [0.1, 0.15) is 12.8 Å². The van der Waals surface area contributed by atoms with Gasteiger partial charge in [-0.3, -0.25) is 4.79 Å². The van der Waals surface area contributed by atoms with Crippen LogP contribution in [0.15, 0.2) is 29.2 Å². The summed E-state index contributed by atoms with van der Waals surface area (Å²) in [6, 6.07) is 5.16. The van der Waals surface area contributed by atoms with Gasteiger partial charge in [0.2, 0.25) is 15.9 Å². The maximum Gasteiger partial charge on any atom is 0.243 e. The zero-order valence-electron chi connectivity index (χ0n) is 13.5. The summed E-state index contributed by atoms with van der Waals surface area (Å²) >= 11 is 0. The number of nitrogens with one attached hydrogen (secondary N) is 2. The molecule has 1 saturated heterocycles. The molecule has 2 rings (SSSR count). The van der Waals surface area contributed by atoms with Crippen molar-refractivity contribution in [2.24, 2.45) is 5.92 Å². The van der Waals surface area contributed by atoms with E-state index in [1.165, 1.54) is 18.2 Å². The molecule has 0 aliphatic carbocycles. The van der Waals surface area contributed by atoms with E-state index in [9.17, 15) is 17.6 Å². The van der Waals surface area contributed by atoms with Crippen molar-refractivity contribution in [3.63, 3.8) is 0 Å². The molecule has 0 radical (unpaired) electrons. The lowest BCUT2D eigenvalue weighted by Gasteiger charge is -2.16. The Morgan fingerprint density at radius 3 is 2.75 bits per heavy atom. The molecule has 1 aromatic carbocycles. The Balaban J connectivity index is 0.00000288. The van der Waals surface area contributed by atoms with Crippen LogP contribution in [0.5, 0.6) is 0 Å². The molecule has 1 atom stereocenters. The molecule has 0 aromatic heterocycles. The minimum absolute atomic E-state index is 0. The summed E-state index contributed by atoms with van der Waals surface area (Å²) in [4.78, 5) is 13.4. The van der Waals surface area contributed by atoms with Crippen LogP contribution in [0.25, 0.3) is 0 Å². The second-order valence-corrected chi connectivity index (χ2v) is 7.37. The van der Waals surface area contributed by atoms with Crippen molar-refractivity contribution in [3.8, 4) is 0 Å². The Kier molecular flexibility index (Phi) is 8.08. The highest BCUT2D eigenvalue weighted by Gasteiger charge is 2.26. The van der Waals surface area contributed by atoms with Gasteiger partial charge in [0.1, 0.15) is 10.7 Å². The van der Waals surface area contributed by atoms with Crippen LogP contribution >= 0.6 is 12.4 Å². The van der Waals surface area contributed by atoms with E-state index in [0.29, 0.717) is 19.0 Å². The van der Waals surface area contributed by atoms with E-state index in [-0.39, 0.29) is 31.3 Å². The number of benzene rings is 1. The van der Waals surface area contributed by atoms with Crippen LogP contribution in [-0.4, -0.2) is 52.5 Å². The summed E-state index contributed by atoms with van der Waals surface area (Å²) in [6.45, 7) is 2.22. The van der Waals surface area contributed by atoms with Gasteiger partial charge in [0, 0.05) is 26.1 Å². The number of hydrogen-bond acceptors (Lipinski definition) is 4. The van der Waals surface area contributed by atoms with Gasteiger partial charge in [0.05, 0.1) is 0 Å². The van der Waals surface area contributed by atoms with Crippen LogP contribution < -0.4 is 10.0 Å². The van der Waals surface area contributed by atoms with E-state index in [2.05, 4.69) is 10.0 Å². The van der Waals surface area contributed by atoms with Gasteiger partial charge < -0.3 is 10.2 Å². The molecule has 6 nitrogen and oxygen atoms in total. The number of carbonyl (C=O) groups excluding carboxylic acids is 1. The van der Waals surface area contributed by atoms with Crippen molar-refractivity contribution < 1.29 is 17.6 Å². The maximum atomic E-state index is 13.5. The molecule has 1 amide bonds. The van der Waals surface area contributed by atoms with Gasteiger partial charge >= 0.3 is 0 Å². The molecule has 1 aliphatic heterocycles. The van der Waals surface area contributed by atoms with E-state index in [1.807, 2.05) is 7.05 Å². The third-order valence-electron chi connectivity index (χ3n) is 3.89. The fourth-order valence-electron chi connectivity index (χ4n) is 2.71. The Bertz CT molecular complexity index is 657. The van der Waals surface area contributed by atoms with Crippen molar-refractivity contribution in [1.29, 1.82) is 0 Å². The fraction of sp³-hybridized carbons (Fsp3) is 0.533. The number of sulfonamides is 1. The third-order valence-corrected chi connectivity index (χ3v) is 5.38. The topological polar surface area (TPSA) is 78.5 Å². The first-order chi connectivity index (χ1) is 10.9.